The fraction of sp³-hybridized carbons (Fsp3) is 0.143. The van der Waals surface area contributed by atoms with Crippen LogP contribution in [0.2, 0.25) is 0 Å². The molecule has 170 valence electrons. The number of nitrogens with zero attached hydrogens (tertiary/aromatic N) is 2. The summed E-state index contributed by atoms with van der Waals surface area (Å²) in [7, 11) is 0. The molecule has 2 aromatic heterocycles. The van der Waals surface area contributed by atoms with Crippen molar-refractivity contribution in [3.63, 3.8) is 0 Å². The van der Waals surface area contributed by atoms with Crippen LogP contribution in [0.25, 0.3) is 33.6 Å². The van der Waals surface area contributed by atoms with Gasteiger partial charge in [0, 0.05) is 11.1 Å². The Morgan fingerprint density at radius 1 is 0.853 bits per heavy atom. The highest BCUT2D eigenvalue weighted by molar-refractivity contribution is 7.15. The van der Waals surface area contributed by atoms with Crippen molar-refractivity contribution in [2.75, 3.05) is 13.2 Å². The van der Waals surface area contributed by atoms with E-state index in [1.807, 2.05) is 98.8 Å². The lowest BCUT2D eigenvalue weighted by Crippen LogP contribution is -2.23. The predicted molar refractivity (Wildman–Crippen MR) is 138 cm³/mol. The molecule has 0 N–H and O–H groups in total. The Balaban J connectivity index is 1.69. The van der Waals surface area contributed by atoms with Crippen molar-refractivity contribution in [2.45, 2.75) is 13.8 Å². The van der Waals surface area contributed by atoms with E-state index in [1.54, 1.807) is 4.40 Å². The van der Waals surface area contributed by atoms with E-state index in [9.17, 15) is 4.79 Å². The van der Waals surface area contributed by atoms with E-state index < -0.39 is 0 Å². The molecule has 0 aliphatic heterocycles. The zero-order valence-electron chi connectivity index (χ0n) is 19.0. The van der Waals surface area contributed by atoms with Crippen molar-refractivity contribution < 1.29 is 9.47 Å². The summed E-state index contributed by atoms with van der Waals surface area (Å²) in [6.07, 6.45) is 1.89. The Hall–Kier alpha value is -3.90. The second-order valence-electron chi connectivity index (χ2n) is 7.65. The summed E-state index contributed by atoms with van der Waals surface area (Å²) in [6, 6.07) is 25.6. The normalized spacial score (nSPS) is 11.8. The molecule has 0 saturated carbocycles. The van der Waals surface area contributed by atoms with Crippen molar-refractivity contribution >= 4 is 22.4 Å². The molecule has 0 saturated heterocycles. The molecule has 0 atom stereocenters. The summed E-state index contributed by atoms with van der Waals surface area (Å²) in [5, 5.41) is 0. The fourth-order valence-corrected chi connectivity index (χ4v) is 4.94. The number of fused-ring (bicyclic) bond motifs is 1. The third-order valence-electron chi connectivity index (χ3n) is 5.42. The number of benzene rings is 3. The van der Waals surface area contributed by atoms with Gasteiger partial charge in [0.05, 0.1) is 29.1 Å². The second-order valence-corrected chi connectivity index (χ2v) is 8.66. The maximum atomic E-state index is 13.6. The first-order valence-corrected chi connectivity index (χ1v) is 12.1. The van der Waals surface area contributed by atoms with Crippen LogP contribution in [0.15, 0.2) is 83.7 Å². The first-order chi connectivity index (χ1) is 16.7. The van der Waals surface area contributed by atoms with Crippen LogP contribution in [0.5, 0.6) is 11.5 Å². The summed E-state index contributed by atoms with van der Waals surface area (Å²) in [4.78, 5) is 19.2. The molecule has 34 heavy (non-hydrogen) atoms. The molecule has 0 aliphatic rings. The Bertz CT molecular complexity index is 1540. The SMILES string of the molecule is CCOc1ccc(C=c2sc3nc(-c4ccccc4)c(-c4ccccc4)n3c2=O)cc1OCC. The molecule has 0 bridgehead atoms. The summed E-state index contributed by atoms with van der Waals surface area (Å²) in [6.45, 7) is 4.97. The second kappa shape index (κ2) is 9.53. The highest BCUT2D eigenvalue weighted by atomic mass is 32.1. The van der Waals surface area contributed by atoms with Gasteiger partial charge in [-0.2, -0.15) is 0 Å². The molecule has 6 heteroatoms. The zero-order chi connectivity index (χ0) is 23.5. The maximum absolute atomic E-state index is 13.6. The Labute approximate surface area is 201 Å². The average molecular weight is 469 g/mol. The van der Waals surface area contributed by atoms with Crippen molar-refractivity contribution in [3.8, 4) is 34.0 Å². The molecule has 5 nitrogen and oxygen atoms in total. The molecule has 0 spiro atoms. The third-order valence-corrected chi connectivity index (χ3v) is 6.39. The maximum Gasteiger partial charge on any atom is 0.274 e. The van der Waals surface area contributed by atoms with Gasteiger partial charge in [-0.3, -0.25) is 4.79 Å². The number of aromatic nitrogens is 2. The van der Waals surface area contributed by atoms with Crippen LogP contribution in [-0.4, -0.2) is 22.6 Å². The monoisotopic (exact) mass is 468 g/mol. The summed E-state index contributed by atoms with van der Waals surface area (Å²) < 4.78 is 13.8. The number of hydrogen-bond acceptors (Lipinski definition) is 5. The molecule has 2 heterocycles. The van der Waals surface area contributed by atoms with Gasteiger partial charge < -0.3 is 9.47 Å². The van der Waals surface area contributed by atoms with Gasteiger partial charge in [-0.25, -0.2) is 9.38 Å². The van der Waals surface area contributed by atoms with Gasteiger partial charge >= 0.3 is 0 Å². The molecule has 5 aromatic rings. The van der Waals surface area contributed by atoms with Gasteiger partial charge in [-0.15, -0.1) is 0 Å². The third kappa shape index (κ3) is 4.08. The van der Waals surface area contributed by atoms with Crippen LogP contribution in [-0.2, 0) is 0 Å². The largest absolute Gasteiger partial charge is 0.490 e. The minimum Gasteiger partial charge on any atom is -0.490 e. The molecular formula is C28H24N2O3S. The predicted octanol–water partition coefficient (Wildman–Crippen LogP) is 5.44. The van der Waals surface area contributed by atoms with Gasteiger partial charge in [-0.1, -0.05) is 78.1 Å². The highest BCUT2D eigenvalue weighted by Gasteiger charge is 2.20. The van der Waals surface area contributed by atoms with E-state index in [-0.39, 0.29) is 5.56 Å². The minimum atomic E-state index is -0.0830. The number of thiazole rings is 1. The Kier molecular flexibility index (Phi) is 6.14. The van der Waals surface area contributed by atoms with Crippen molar-refractivity contribution in [2.24, 2.45) is 0 Å². The summed E-state index contributed by atoms with van der Waals surface area (Å²) >= 11 is 1.39. The Morgan fingerprint density at radius 2 is 1.50 bits per heavy atom. The van der Waals surface area contributed by atoms with E-state index >= 15 is 0 Å². The summed E-state index contributed by atoms with van der Waals surface area (Å²) in [5.41, 5.74) is 4.34. The Morgan fingerprint density at radius 3 is 2.18 bits per heavy atom. The molecule has 0 unspecified atom stereocenters. The van der Waals surface area contributed by atoms with Crippen LogP contribution in [0.1, 0.15) is 19.4 Å². The van der Waals surface area contributed by atoms with Crippen molar-refractivity contribution in [3.05, 3.63) is 99.3 Å². The van der Waals surface area contributed by atoms with Crippen LogP contribution in [0.4, 0.5) is 0 Å². The number of rotatable bonds is 7. The average Bonchev–Trinajstić information content (AvgIpc) is 3.38. The van der Waals surface area contributed by atoms with E-state index in [4.69, 9.17) is 14.5 Å². The van der Waals surface area contributed by atoms with E-state index in [0.717, 1.165) is 28.1 Å². The summed E-state index contributed by atoms with van der Waals surface area (Å²) in [5.74, 6) is 1.37. The smallest absolute Gasteiger partial charge is 0.274 e. The lowest BCUT2D eigenvalue weighted by molar-refractivity contribution is 0.287. The van der Waals surface area contributed by atoms with Crippen LogP contribution in [0, 0.1) is 0 Å². The van der Waals surface area contributed by atoms with Crippen LogP contribution < -0.4 is 19.6 Å². The molecule has 0 fully saturated rings. The number of hydrogen-bond donors (Lipinski definition) is 0. The molecule has 0 aliphatic carbocycles. The number of imidazole rings is 1. The fourth-order valence-electron chi connectivity index (χ4n) is 3.97. The van der Waals surface area contributed by atoms with Gasteiger partial charge in [0.15, 0.2) is 16.5 Å². The lowest BCUT2D eigenvalue weighted by atomic mass is 10.1. The van der Waals surface area contributed by atoms with E-state index in [0.29, 0.717) is 34.2 Å². The highest BCUT2D eigenvalue weighted by Crippen LogP contribution is 2.33. The van der Waals surface area contributed by atoms with Gasteiger partial charge in [-0.05, 0) is 37.6 Å². The first-order valence-electron chi connectivity index (χ1n) is 11.3. The van der Waals surface area contributed by atoms with Crippen molar-refractivity contribution in [1.29, 1.82) is 0 Å². The van der Waals surface area contributed by atoms with Crippen LogP contribution >= 0.6 is 11.3 Å². The van der Waals surface area contributed by atoms with Crippen molar-refractivity contribution in [1.82, 2.24) is 9.38 Å². The van der Waals surface area contributed by atoms with E-state index in [2.05, 4.69) is 0 Å². The quantitative estimate of drug-likeness (QED) is 0.319. The van der Waals surface area contributed by atoms with Crippen LogP contribution in [0.3, 0.4) is 0 Å². The molecule has 0 amide bonds. The topological polar surface area (TPSA) is 52.8 Å². The molecular weight excluding hydrogens is 444 g/mol. The van der Waals surface area contributed by atoms with E-state index in [1.165, 1.54) is 11.3 Å². The number of ether oxygens (including phenoxy) is 2. The standard InChI is InChI=1S/C28H24N2O3S/c1-3-32-22-16-15-19(17-23(22)33-4-2)18-24-27(31)30-26(21-13-9-6-10-14-21)25(29-28(30)34-24)20-11-7-5-8-12-20/h5-18H,3-4H2,1-2H3. The first kappa shape index (κ1) is 21.9. The van der Waals surface area contributed by atoms with Gasteiger partial charge in [0.2, 0.25) is 0 Å². The van der Waals surface area contributed by atoms with Gasteiger partial charge in [0.1, 0.15) is 0 Å². The van der Waals surface area contributed by atoms with Gasteiger partial charge in [0.25, 0.3) is 5.56 Å². The zero-order valence-corrected chi connectivity index (χ0v) is 19.8. The minimum absolute atomic E-state index is 0.0830. The molecule has 0 radical (unpaired) electrons. The molecule has 3 aromatic carbocycles. The molecule has 5 rings (SSSR count). The lowest BCUT2D eigenvalue weighted by Gasteiger charge is -2.11.